The van der Waals surface area contributed by atoms with E-state index in [0.717, 1.165) is 0 Å². The maximum atomic E-state index is 13.7. The van der Waals surface area contributed by atoms with Crippen molar-refractivity contribution in [3.05, 3.63) is 52.5 Å². The Morgan fingerprint density at radius 1 is 1.48 bits per heavy atom. The normalized spacial score (nSPS) is 20.2. The van der Waals surface area contributed by atoms with Crippen molar-refractivity contribution in [1.29, 1.82) is 5.26 Å². The minimum Gasteiger partial charge on any atom is -0.468 e. The number of nitrogens with two attached hydrogens (primary N) is 1. The molecule has 0 bridgehead atoms. The van der Waals surface area contributed by atoms with Crippen LogP contribution in [-0.2, 0) is 19.7 Å². The number of aromatic nitrogens is 2. The molecule has 0 unspecified atom stereocenters. The highest BCUT2D eigenvalue weighted by molar-refractivity contribution is 6.15. The summed E-state index contributed by atoms with van der Waals surface area (Å²) < 4.78 is 10.2. The lowest BCUT2D eigenvalue weighted by molar-refractivity contribution is -0.140. The Hall–Kier alpha value is -3.80. The van der Waals surface area contributed by atoms with Gasteiger partial charge in [0.1, 0.15) is 23.6 Å². The highest BCUT2D eigenvalue weighted by Crippen LogP contribution is 2.55. The number of H-pyrrole nitrogens is 1. The van der Waals surface area contributed by atoms with Crippen LogP contribution in [-0.4, -0.2) is 35.7 Å². The molecule has 0 saturated heterocycles. The SMILES string of the molecule is COC(=O)CN1C(=O)[C@]2(C(C#N)=C(N)Oc3n[nH]c(C)c32)c2ccccc21. The van der Waals surface area contributed by atoms with E-state index in [1.54, 1.807) is 31.2 Å². The van der Waals surface area contributed by atoms with E-state index in [9.17, 15) is 14.9 Å². The zero-order valence-electron chi connectivity index (χ0n) is 14.6. The third kappa shape index (κ3) is 1.95. The average molecular weight is 365 g/mol. The molecular weight excluding hydrogens is 350 g/mol. The Morgan fingerprint density at radius 2 is 2.22 bits per heavy atom. The molecule has 1 aromatic heterocycles. The van der Waals surface area contributed by atoms with Gasteiger partial charge in [0.15, 0.2) is 0 Å². The topological polar surface area (TPSA) is 134 Å². The van der Waals surface area contributed by atoms with Gasteiger partial charge in [0.05, 0.1) is 12.7 Å². The van der Waals surface area contributed by atoms with E-state index in [2.05, 4.69) is 10.2 Å². The summed E-state index contributed by atoms with van der Waals surface area (Å²) in [7, 11) is 1.25. The standard InChI is InChI=1S/C18H15N5O4/c1-9-14-16(22-21-9)27-15(20)11(7-19)18(14)10-5-3-4-6-12(10)23(17(18)25)8-13(24)26-2/h3-6H,8,20H2,1-2H3,(H,21,22)/t18-/m0/s1. The molecule has 1 atom stereocenters. The van der Waals surface area contributed by atoms with Crippen molar-refractivity contribution >= 4 is 17.6 Å². The molecule has 27 heavy (non-hydrogen) atoms. The highest BCUT2D eigenvalue weighted by atomic mass is 16.5. The third-order valence-corrected chi connectivity index (χ3v) is 4.91. The maximum absolute atomic E-state index is 13.7. The zero-order valence-corrected chi connectivity index (χ0v) is 14.6. The molecule has 1 spiro atoms. The van der Waals surface area contributed by atoms with Crippen LogP contribution in [0.2, 0.25) is 0 Å². The minimum absolute atomic E-state index is 0.0377. The molecule has 3 heterocycles. The first-order valence-electron chi connectivity index (χ1n) is 8.08. The Kier molecular flexibility index (Phi) is 3.46. The lowest BCUT2D eigenvalue weighted by atomic mass is 9.69. The van der Waals surface area contributed by atoms with Crippen LogP contribution in [0.1, 0.15) is 16.8 Å². The lowest BCUT2D eigenvalue weighted by Gasteiger charge is -2.32. The number of anilines is 1. The molecule has 2 aliphatic heterocycles. The summed E-state index contributed by atoms with van der Waals surface area (Å²) in [5.41, 5.74) is 6.42. The van der Waals surface area contributed by atoms with E-state index >= 15 is 0 Å². The predicted octanol–water partition coefficient (Wildman–Crippen LogP) is 0.610. The second-order valence-electron chi connectivity index (χ2n) is 6.22. The van der Waals surface area contributed by atoms with E-state index in [-0.39, 0.29) is 23.9 Å². The van der Waals surface area contributed by atoms with Crippen LogP contribution in [0.4, 0.5) is 5.69 Å². The number of para-hydroxylation sites is 1. The number of benzene rings is 1. The number of aryl methyl sites for hydroxylation is 1. The molecule has 9 nitrogen and oxygen atoms in total. The number of aromatic amines is 1. The molecule has 2 aliphatic rings. The van der Waals surface area contributed by atoms with E-state index < -0.39 is 17.3 Å². The number of ether oxygens (including phenoxy) is 2. The van der Waals surface area contributed by atoms with Crippen LogP contribution < -0.4 is 15.4 Å². The number of hydrogen-bond acceptors (Lipinski definition) is 7. The lowest BCUT2D eigenvalue weighted by Crippen LogP contribution is -2.47. The number of nitrogens with zero attached hydrogens (tertiary/aromatic N) is 3. The van der Waals surface area contributed by atoms with Gasteiger partial charge in [0, 0.05) is 16.9 Å². The van der Waals surface area contributed by atoms with Crippen molar-refractivity contribution in [2.24, 2.45) is 5.73 Å². The summed E-state index contributed by atoms with van der Waals surface area (Å²) in [4.78, 5) is 26.9. The number of carbonyl (C=O) groups is 2. The van der Waals surface area contributed by atoms with Crippen LogP contribution in [0.5, 0.6) is 5.88 Å². The number of carbonyl (C=O) groups excluding carboxylic acids is 2. The molecular formula is C18H15N5O4. The smallest absolute Gasteiger partial charge is 0.325 e. The molecule has 1 aromatic carbocycles. The van der Waals surface area contributed by atoms with Crippen LogP contribution in [0.3, 0.4) is 0 Å². The van der Waals surface area contributed by atoms with Gasteiger partial charge in [-0.05, 0) is 13.0 Å². The highest BCUT2D eigenvalue weighted by Gasteiger charge is 2.60. The molecule has 2 aromatic rings. The number of methoxy groups -OCH3 is 1. The monoisotopic (exact) mass is 365 g/mol. The first-order chi connectivity index (χ1) is 13.0. The van der Waals surface area contributed by atoms with Crippen molar-refractivity contribution < 1.29 is 19.1 Å². The molecule has 1 amide bonds. The number of nitrogens with one attached hydrogen (secondary N) is 1. The van der Waals surface area contributed by atoms with Gasteiger partial charge in [0.2, 0.25) is 17.7 Å². The summed E-state index contributed by atoms with van der Waals surface area (Å²) in [6.07, 6.45) is 0. The van der Waals surface area contributed by atoms with Crippen molar-refractivity contribution in [2.45, 2.75) is 12.3 Å². The molecule has 136 valence electrons. The van der Waals surface area contributed by atoms with Gasteiger partial charge in [-0.3, -0.25) is 19.6 Å². The number of rotatable bonds is 2. The first-order valence-corrected chi connectivity index (χ1v) is 8.08. The number of fused-ring (bicyclic) bond motifs is 4. The summed E-state index contributed by atoms with van der Waals surface area (Å²) in [6.45, 7) is 1.44. The van der Waals surface area contributed by atoms with Gasteiger partial charge in [-0.15, -0.1) is 5.10 Å². The van der Waals surface area contributed by atoms with Gasteiger partial charge < -0.3 is 15.2 Å². The van der Waals surface area contributed by atoms with Crippen molar-refractivity contribution in [1.82, 2.24) is 10.2 Å². The molecule has 9 heteroatoms. The van der Waals surface area contributed by atoms with E-state index in [1.807, 2.05) is 6.07 Å². The average Bonchev–Trinajstić information content (AvgIpc) is 3.14. The quantitative estimate of drug-likeness (QED) is 0.745. The van der Waals surface area contributed by atoms with E-state index in [4.69, 9.17) is 15.2 Å². The largest absolute Gasteiger partial charge is 0.468 e. The summed E-state index contributed by atoms with van der Waals surface area (Å²) in [6, 6.07) is 8.97. The van der Waals surface area contributed by atoms with Crippen molar-refractivity contribution in [3.8, 4) is 11.9 Å². The van der Waals surface area contributed by atoms with E-state index in [0.29, 0.717) is 22.5 Å². The number of esters is 1. The van der Waals surface area contributed by atoms with Crippen LogP contribution in [0.25, 0.3) is 0 Å². The fourth-order valence-electron chi connectivity index (χ4n) is 3.81. The fourth-order valence-corrected chi connectivity index (χ4v) is 3.81. The summed E-state index contributed by atoms with van der Waals surface area (Å²) >= 11 is 0. The van der Waals surface area contributed by atoms with Crippen LogP contribution in [0, 0.1) is 18.3 Å². The summed E-state index contributed by atoms with van der Waals surface area (Å²) in [5.74, 6) is -1.13. The van der Waals surface area contributed by atoms with Gasteiger partial charge in [-0.1, -0.05) is 18.2 Å². The second kappa shape index (κ2) is 5.60. The Labute approximate surface area is 154 Å². The maximum Gasteiger partial charge on any atom is 0.325 e. The number of nitriles is 1. The van der Waals surface area contributed by atoms with Gasteiger partial charge in [-0.25, -0.2) is 0 Å². The molecule has 3 N–H and O–H groups in total. The van der Waals surface area contributed by atoms with Crippen LogP contribution in [0.15, 0.2) is 35.7 Å². The Balaban J connectivity index is 2.07. The van der Waals surface area contributed by atoms with Crippen molar-refractivity contribution in [2.75, 3.05) is 18.6 Å². The van der Waals surface area contributed by atoms with Gasteiger partial charge in [-0.2, -0.15) is 5.26 Å². The Bertz CT molecular complexity index is 1060. The van der Waals surface area contributed by atoms with E-state index in [1.165, 1.54) is 12.0 Å². The molecule has 0 fully saturated rings. The molecule has 0 radical (unpaired) electrons. The van der Waals surface area contributed by atoms with Crippen LogP contribution >= 0.6 is 0 Å². The third-order valence-electron chi connectivity index (χ3n) is 4.91. The minimum atomic E-state index is -1.53. The second-order valence-corrected chi connectivity index (χ2v) is 6.22. The van der Waals surface area contributed by atoms with Gasteiger partial charge in [0.25, 0.3) is 0 Å². The molecule has 0 aliphatic carbocycles. The van der Waals surface area contributed by atoms with Crippen molar-refractivity contribution in [3.63, 3.8) is 0 Å². The number of amides is 1. The van der Waals surface area contributed by atoms with Gasteiger partial charge >= 0.3 is 5.97 Å². The molecule has 4 rings (SSSR count). The summed E-state index contributed by atoms with van der Waals surface area (Å²) in [5, 5.41) is 16.7. The Morgan fingerprint density at radius 3 is 2.93 bits per heavy atom. The number of hydrogen-bond donors (Lipinski definition) is 2. The fraction of sp³-hybridized carbons (Fsp3) is 0.222. The predicted molar refractivity (Wildman–Crippen MR) is 92.4 cm³/mol. The molecule has 0 saturated carbocycles. The first kappa shape index (κ1) is 16.7. The zero-order chi connectivity index (χ0) is 19.3.